The van der Waals surface area contributed by atoms with Crippen LogP contribution in [-0.4, -0.2) is 95.9 Å². The number of nitrogens with one attached hydrogen (secondary N) is 1. The fraction of sp³-hybridized carbons (Fsp3) is 0.562. The molecule has 0 radical (unpaired) electrons. The molecule has 0 saturated carbocycles. The predicted molar refractivity (Wildman–Crippen MR) is 167 cm³/mol. The predicted octanol–water partition coefficient (Wildman–Crippen LogP) is 5.48. The maximum absolute atomic E-state index is 6.76. The number of pyridine rings is 1. The van der Waals surface area contributed by atoms with Crippen LogP contribution in [0.15, 0.2) is 48.9 Å². The monoisotopic (exact) mass is 577 g/mol. The molecule has 8 nitrogen and oxygen atoms in total. The SMILES string of the molecule is CCC[C@H]1CN(c2ncc(-c3ncc[nH]3)cc2Cl)CCN1C1CCN(C(C)c2ccc(N3CCOCC3)cc2)CC1. The van der Waals surface area contributed by atoms with Crippen LogP contribution in [0.25, 0.3) is 11.4 Å². The van der Waals surface area contributed by atoms with Crippen LogP contribution in [-0.2, 0) is 4.74 Å². The number of hydrogen-bond donors (Lipinski definition) is 1. The third-order valence-electron chi connectivity index (χ3n) is 9.31. The fourth-order valence-electron chi connectivity index (χ4n) is 6.95. The van der Waals surface area contributed by atoms with Gasteiger partial charge < -0.3 is 19.5 Å². The molecule has 6 rings (SSSR count). The molecule has 3 aliphatic rings. The van der Waals surface area contributed by atoms with Gasteiger partial charge in [-0.25, -0.2) is 9.97 Å². The van der Waals surface area contributed by atoms with Crippen LogP contribution in [0, 0.1) is 0 Å². The summed E-state index contributed by atoms with van der Waals surface area (Å²) in [6.07, 6.45) is 10.3. The second-order valence-corrected chi connectivity index (χ2v) is 12.1. The van der Waals surface area contributed by atoms with Crippen molar-refractivity contribution < 1.29 is 4.74 Å². The number of rotatable bonds is 8. The third kappa shape index (κ3) is 6.41. The maximum Gasteiger partial charge on any atom is 0.147 e. The van der Waals surface area contributed by atoms with E-state index in [0.29, 0.717) is 23.1 Å². The number of anilines is 2. The van der Waals surface area contributed by atoms with Crippen LogP contribution >= 0.6 is 11.6 Å². The van der Waals surface area contributed by atoms with E-state index in [0.717, 1.165) is 76.2 Å². The zero-order valence-corrected chi connectivity index (χ0v) is 25.3. The van der Waals surface area contributed by atoms with Crippen LogP contribution < -0.4 is 9.80 Å². The molecule has 3 saturated heterocycles. The summed E-state index contributed by atoms with van der Waals surface area (Å²) >= 11 is 6.76. The lowest BCUT2D eigenvalue weighted by molar-refractivity contribution is 0.0497. The molecule has 2 atom stereocenters. The van der Waals surface area contributed by atoms with E-state index in [9.17, 15) is 0 Å². The zero-order chi connectivity index (χ0) is 28.2. The second kappa shape index (κ2) is 13.1. The summed E-state index contributed by atoms with van der Waals surface area (Å²) in [4.78, 5) is 22.6. The summed E-state index contributed by atoms with van der Waals surface area (Å²) in [5.41, 5.74) is 3.65. The van der Waals surface area contributed by atoms with Crippen molar-refractivity contribution in [3.8, 4) is 11.4 Å². The maximum atomic E-state index is 6.76. The molecular formula is C32H44ClN7O. The van der Waals surface area contributed by atoms with E-state index in [4.69, 9.17) is 21.3 Å². The highest BCUT2D eigenvalue weighted by Crippen LogP contribution is 2.33. The molecule has 0 aliphatic carbocycles. The molecule has 1 unspecified atom stereocenters. The van der Waals surface area contributed by atoms with Gasteiger partial charge in [0.25, 0.3) is 0 Å². The van der Waals surface area contributed by atoms with Crippen molar-refractivity contribution in [3.05, 3.63) is 59.5 Å². The molecule has 9 heteroatoms. The van der Waals surface area contributed by atoms with Crippen LogP contribution in [0.3, 0.4) is 0 Å². The molecule has 0 bridgehead atoms. The minimum Gasteiger partial charge on any atom is -0.378 e. The largest absolute Gasteiger partial charge is 0.378 e. The third-order valence-corrected chi connectivity index (χ3v) is 9.59. The number of benzene rings is 1. The molecule has 5 heterocycles. The Balaban J connectivity index is 1.05. The molecule has 0 spiro atoms. The van der Waals surface area contributed by atoms with Crippen LogP contribution in [0.4, 0.5) is 11.5 Å². The van der Waals surface area contributed by atoms with Crippen molar-refractivity contribution in [1.29, 1.82) is 0 Å². The Bertz CT molecular complexity index is 1240. The Labute approximate surface area is 249 Å². The Morgan fingerprint density at radius 2 is 1.78 bits per heavy atom. The number of imidazole rings is 1. The number of aromatic amines is 1. The van der Waals surface area contributed by atoms with Crippen molar-refractivity contribution in [2.45, 2.75) is 57.7 Å². The first kappa shape index (κ1) is 28.5. The summed E-state index contributed by atoms with van der Waals surface area (Å²) in [5, 5.41) is 0.697. The van der Waals surface area contributed by atoms with Crippen molar-refractivity contribution in [2.24, 2.45) is 0 Å². The quantitative estimate of drug-likeness (QED) is 0.380. The Morgan fingerprint density at radius 1 is 1.00 bits per heavy atom. The minimum absolute atomic E-state index is 0.440. The van der Waals surface area contributed by atoms with E-state index < -0.39 is 0 Å². The average Bonchev–Trinajstić information content (AvgIpc) is 3.57. The summed E-state index contributed by atoms with van der Waals surface area (Å²) in [6, 6.07) is 12.8. The number of piperazine rings is 1. The van der Waals surface area contributed by atoms with E-state index in [1.54, 1.807) is 6.20 Å². The van der Waals surface area contributed by atoms with Gasteiger partial charge in [0, 0.05) is 93.8 Å². The molecular weight excluding hydrogens is 534 g/mol. The molecule has 1 aromatic carbocycles. The average molecular weight is 578 g/mol. The van der Waals surface area contributed by atoms with Crippen molar-refractivity contribution in [1.82, 2.24) is 24.8 Å². The van der Waals surface area contributed by atoms with Crippen LogP contribution in [0.5, 0.6) is 0 Å². The molecule has 0 amide bonds. The Morgan fingerprint density at radius 3 is 2.46 bits per heavy atom. The highest BCUT2D eigenvalue weighted by atomic mass is 35.5. The van der Waals surface area contributed by atoms with Gasteiger partial charge in [-0.3, -0.25) is 9.80 Å². The standard InChI is InChI=1S/C32H44ClN7O/c1-3-4-29-23-39(32-30(33)21-26(22-36-32)31-34-11-12-35-31)15-16-40(29)28-9-13-37(14-10-28)24(2)25-5-7-27(8-6-25)38-17-19-41-20-18-38/h5-8,11-12,21-22,24,28-29H,3-4,9-10,13-20,23H2,1-2H3,(H,34,35)/t24?,29-/m0/s1. The van der Waals surface area contributed by atoms with E-state index in [-0.39, 0.29) is 0 Å². The first-order chi connectivity index (χ1) is 20.1. The van der Waals surface area contributed by atoms with Gasteiger partial charge in [-0.15, -0.1) is 0 Å². The first-order valence-corrected chi connectivity index (χ1v) is 15.8. The van der Waals surface area contributed by atoms with E-state index >= 15 is 0 Å². The van der Waals surface area contributed by atoms with E-state index in [2.05, 4.69) is 67.7 Å². The summed E-state index contributed by atoms with van der Waals surface area (Å²) < 4.78 is 5.52. The lowest BCUT2D eigenvalue weighted by Gasteiger charge is -2.48. The number of morpholine rings is 1. The minimum atomic E-state index is 0.440. The van der Waals surface area contributed by atoms with Gasteiger partial charge in [-0.2, -0.15) is 0 Å². The topological polar surface area (TPSA) is 63.8 Å². The fourth-order valence-corrected chi connectivity index (χ4v) is 7.24. The summed E-state index contributed by atoms with van der Waals surface area (Å²) in [6.45, 7) is 13.6. The van der Waals surface area contributed by atoms with Gasteiger partial charge in [0.2, 0.25) is 0 Å². The van der Waals surface area contributed by atoms with Crippen LogP contribution in [0.1, 0.15) is 51.1 Å². The number of ether oxygens (including phenoxy) is 1. The first-order valence-electron chi connectivity index (χ1n) is 15.4. The van der Waals surface area contributed by atoms with Crippen LogP contribution in [0.2, 0.25) is 5.02 Å². The van der Waals surface area contributed by atoms with Gasteiger partial charge in [0.1, 0.15) is 11.6 Å². The number of likely N-dealkylation sites (tertiary alicyclic amines) is 1. The Hall–Kier alpha value is -2.65. The number of hydrogen-bond acceptors (Lipinski definition) is 7. The molecule has 3 aliphatic heterocycles. The zero-order valence-electron chi connectivity index (χ0n) is 24.5. The molecule has 3 fully saturated rings. The smallest absolute Gasteiger partial charge is 0.147 e. The lowest BCUT2D eigenvalue weighted by Crippen LogP contribution is -2.58. The van der Waals surface area contributed by atoms with Gasteiger partial charge in [0.15, 0.2) is 0 Å². The van der Waals surface area contributed by atoms with E-state index in [1.807, 2.05) is 18.5 Å². The summed E-state index contributed by atoms with van der Waals surface area (Å²) in [7, 11) is 0. The number of H-pyrrole nitrogens is 1. The molecule has 1 N–H and O–H groups in total. The van der Waals surface area contributed by atoms with Crippen molar-refractivity contribution in [2.75, 3.05) is 68.8 Å². The highest BCUT2D eigenvalue weighted by Gasteiger charge is 2.35. The van der Waals surface area contributed by atoms with Crippen molar-refractivity contribution in [3.63, 3.8) is 0 Å². The molecule has 3 aromatic rings. The molecule has 220 valence electrons. The normalized spacial score (nSPS) is 22.3. The lowest BCUT2D eigenvalue weighted by atomic mass is 9.95. The van der Waals surface area contributed by atoms with Gasteiger partial charge in [-0.1, -0.05) is 37.1 Å². The second-order valence-electron chi connectivity index (χ2n) is 11.7. The molecule has 41 heavy (non-hydrogen) atoms. The number of piperidine rings is 1. The number of nitrogens with zero attached hydrogens (tertiary/aromatic N) is 6. The van der Waals surface area contributed by atoms with E-state index in [1.165, 1.54) is 36.9 Å². The number of halogens is 1. The number of aromatic nitrogens is 3. The van der Waals surface area contributed by atoms with Gasteiger partial charge >= 0.3 is 0 Å². The van der Waals surface area contributed by atoms with Gasteiger partial charge in [-0.05, 0) is 49.9 Å². The Kier molecular flexibility index (Phi) is 9.10. The van der Waals surface area contributed by atoms with Gasteiger partial charge in [0.05, 0.1) is 18.2 Å². The van der Waals surface area contributed by atoms with Crippen molar-refractivity contribution >= 4 is 23.1 Å². The highest BCUT2D eigenvalue weighted by molar-refractivity contribution is 6.33. The summed E-state index contributed by atoms with van der Waals surface area (Å²) in [5.74, 6) is 1.69. The molecule has 2 aromatic heterocycles.